The number of nitrogens with two attached hydrogens (primary N) is 1. The summed E-state index contributed by atoms with van der Waals surface area (Å²) in [5, 5.41) is 0. The second-order valence-electron chi connectivity index (χ2n) is 3.57. The molecule has 0 amide bonds. The second-order valence-corrected chi connectivity index (χ2v) is 3.57. The molecule has 0 aromatic carbocycles. The van der Waals surface area contributed by atoms with E-state index in [2.05, 4.69) is 26.8 Å². The Morgan fingerprint density at radius 1 is 1.71 bits per heavy atom. The lowest BCUT2D eigenvalue weighted by Gasteiger charge is -2.22. The predicted molar refractivity (Wildman–Crippen MR) is 54.9 cm³/mol. The molecule has 0 bridgehead atoms. The van der Waals surface area contributed by atoms with Gasteiger partial charge in [0.25, 0.3) is 0 Å². The van der Waals surface area contributed by atoms with Gasteiger partial charge in [0, 0.05) is 30.9 Å². The van der Waals surface area contributed by atoms with Crippen LogP contribution in [0.5, 0.6) is 0 Å². The maximum absolute atomic E-state index is 5.76. The SMILES string of the molecule is C[C@H]1CN=C(N)N1CCc1cnc[nH]1. The molecule has 5 heteroatoms. The van der Waals surface area contributed by atoms with E-state index in [1.165, 1.54) is 0 Å². The van der Waals surface area contributed by atoms with Crippen molar-refractivity contribution < 1.29 is 0 Å². The average molecular weight is 193 g/mol. The number of hydrogen-bond donors (Lipinski definition) is 2. The van der Waals surface area contributed by atoms with Crippen molar-refractivity contribution in [2.24, 2.45) is 10.7 Å². The molecule has 0 spiro atoms. The average Bonchev–Trinajstić information content (AvgIpc) is 2.76. The first kappa shape index (κ1) is 9.05. The molecular weight excluding hydrogens is 178 g/mol. The Kier molecular flexibility index (Phi) is 2.39. The zero-order chi connectivity index (χ0) is 9.97. The van der Waals surface area contributed by atoms with Crippen molar-refractivity contribution in [1.29, 1.82) is 0 Å². The van der Waals surface area contributed by atoms with Crippen molar-refractivity contribution in [3.63, 3.8) is 0 Å². The van der Waals surface area contributed by atoms with Crippen molar-refractivity contribution in [3.8, 4) is 0 Å². The summed E-state index contributed by atoms with van der Waals surface area (Å²) in [6.07, 6.45) is 4.47. The van der Waals surface area contributed by atoms with E-state index in [1.807, 2.05) is 6.20 Å². The summed E-state index contributed by atoms with van der Waals surface area (Å²) >= 11 is 0. The molecule has 1 aliphatic heterocycles. The van der Waals surface area contributed by atoms with E-state index < -0.39 is 0 Å². The summed E-state index contributed by atoms with van der Waals surface area (Å²) in [4.78, 5) is 13.4. The Morgan fingerprint density at radius 3 is 3.14 bits per heavy atom. The first-order chi connectivity index (χ1) is 6.77. The third kappa shape index (κ3) is 1.71. The van der Waals surface area contributed by atoms with E-state index in [0.717, 1.165) is 25.2 Å². The molecule has 1 aliphatic rings. The van der Waals surface area contributed by atoms with Gasteiger partial charge < -0.3 is 15.6 Å². The fourth-order valence-electron chi connectivity index (χ4n) is 1.64. The maximum atomic E-state index is 5.76. The molecule has 1 aromatic heterocycles. The Hall–Kier alpha value is -1.52. The standard InChI is InChI=1S/C9H15N5/c1-7-4-12-9(10)14(7)3-2-8-5-11-6-13-8/h5-7H,2-4H2,1H3,(H2,10,12)(H,11,13)/t7-/m0/s1. The highest BCUT2D eigenvalue weighted by molar-refractivity contribution is 5.80. The summed E-state index contributed by atoms with van der Waals surface area (Å²) in [6.45, 7) is 3.85. The van der Waals surface area contributed by atoms with Crippen LogP contribution in [0.1, 0.15) is 12.6 Å². The summed E-state index contributed by atoms with van der Waals surface area (Å²) in [5.41, 5.74) is 6.89. The van der Waals surface area contributed by atoms with E-state index >= 15 is 0 Å². The fourth-order valence-corrected chi connectivity index (χ4v) is 1.64. The third-order valence-electron chi connectivity index (χ3n) is 2.52. The third-order valence-corrected chi connectivity index (χ3v) is 2.52. The van der Waals surface area contributed by atoms with E-state index in [-0.39, 0.29) is 0 Å². The normalized spacial score (nSPS) is 21.4. The van der Waals surface area contributed by atoms with Crippen LogP contribution >= 0.6 is 0 Å². The number of aliphatic imine (C=N–C) groups is 1. The minimum absolute atomic E-state index is 0.429. The molecular formula is C9H15N5. The van der Waals surface area contributed by atoms with Gasteiger partial charge in [0.1, 0.15) is 0 Å². The number of nitrogens with one attached hydrogen (secondary N) is 1. The maximum Gasteiger partial charge on any atom is 0.191 e. The Labute approximate surface area is 83.0 Å². The monoisotopic (exact) mass is 193 g/mol. The minimum atomic E-state index is 0.429. The van der Waals surface area contributed by atoms with Gasteiger partial charge in [-0.15, -0.1) is 0 Å². The highest BCUT2D eigenvalue weighted by atomic mass is 15.3. The van der Waals surface area contributed by atoms with Crippen LogP contribution in [-0.2, 0) is 6.42 Å². The number of hydrogen-bond acceptors (Lipinski definition) is 4. The second kappa shape index (κ2) is 3.69. The van der Waals surface area contributed by atoms with E-state index in [4.69, 9.17) is 5.73 Å². The first-order valence-electron chi connectivity index (χ1n) is 4.81. The van der Waals surface area contributed by atoms with Crippen molar-refractivity contribution in [2.75, 3.05) is 13.1 Å². The zero-order valence-electron chi connectivity index (χ0n) is 8.27. The smallest absolute Gasteiger partial charge is 0.191 e. The van der Waals surface area contributed by atoms with Gasteiger partial charge in [-0.1, -0.05) is 0 Å². The molecule has 3 N–H and O–H groups in total. The van der Waals surface area contributed by atoms with Crippen LogP contribution in [0.4, 0.5) is 0 Å². The molecule has 1 atom stereocenters. The van der Waals surface area contributed by atoms with Gasteiger partial charge >= 0.3 is 0 Å². The molecule has 0 aliphatic carbocycles. The topological polar surface area (TPSA) is 70.3 Å². The molecule has 76 valence electrons. The van der Waals surface area contributed by atoms with Gasteiger partial charge in [-0.25, -0.2) is 4.98 Å². The van der Waals surface area contributed by atoms with Crippen LogP contribution in [0.3, 0.4) is 0 Å². The molecule has 5 nitrogen and oxygen atoms in total. The van der Waals surface area contributed by atoms with Crippen LogP contribution in [0.25, 0.3) is 0 Å². The fraction of sp³-hybridized carbons (Fsp3) is 0.556. The highest BCUT2D eigenvalue weighted by Gasteiger charge is 2.21. The molecule has 0 unspecified atom stereocenters. The molecule has 0 saturated heterocycles. The zero-order valence-corrected chi connectivity index (χ0v) is 8.27. The Morgan fingerprint density at radius 2 is 2.57 bits per heavy atom. The highest BCUT2D eigenvalue weighted by Crippen LogP contribution is 2.08. The number of H-pyrrole nitrogens is 1. The van der Waals surface area contributed by atoms with Crippen LogP contribution < -0.4 is 5.73 Å². The number of imidazole rings is 1. The van der Waals surface area contributed by atoms with Crippen molar-refractivity contribution in [1.82, 2.24) is 14.9 Å². The number of aromatic amines is 1. The largest absolute Gasteiger partial charge is 0.370 e. The number of aromatic nitrogens is 2. The molecule has 0 fully saturated rings. The van der Waals surface area contributed by atoms with Gasteiger partial charge in [-0.05, 0) is 6.92 Å². The van der Waals surface area contributed by atoms with Crippen molar-refractivity contribution in [3.05, 3.63) is 18.2 Å². The van der Waals surface area contributed by atoms with Gasteiger partial charge in [0.15, 0.2) is 5.96 Å². The van der Waals surface area contributed by atoms with Crippen LogP contribution in [0.15, 0.2) is 17.5 Å². The number of nitrogens with zero attached hydrogens (tertiary/aromatic N) is 3. The lowest BCUT2D eigenvalue weighted by atomic mass is 10.2. The van der Waals surface area contributed by atoms with E-state index in [9.17, 15) is 0 Å². The lowest BCUT2D eigenvalue weighted by Crippen LogP contribution is -2.40. The molecule has 2 rings (SSSR count). The van der Waals surface area contributed by atoms with Gasteiger partial charge in [0.05, 0.1) is 12.9 Å². The Balaban J connectivity index is 1.89. The quantitative estimate of drug-likeness (QED) is 0.708. The molecule has 2 heterocycles. The summed E-state index contributed by atoms with van der Waals surface area (Å²) in [6, 6.07) is 0.429. The lowest BCUT2D eigenvalue weighted by molar-refractivity contribution is 0.363. The van der Waals surface area contributed by atoms with Gasteiger partial charge in [-0.2, -0.15) is 0 Å². The van der Waals surface area contributed by atoms with Crippen LogP contribution in [-0.4, -0.2) is 40.0 Å². The molecule has 0 saturated carbocycles. The molecule has 0 radical (unpaired) electrons. The first-order valence-corrected chi connectivity index (χ1v) is 4.81. The predicted octanol–water partition coefficient (Wildman–Crippen LogP) is -0.0290. The van der Waals surface area contributed by atoms with Crippen LogP contribution in [0.2, 0.25) is 0 Å². The van der Waals surface area contributed by atoms with Crippen molar-refractivity contribution >= 4 is 5.96 Å². The van der Waals surface area contributed by atoms with Crippen LogP contribution in [0, 0.1) is 0 Å². The minimum Gasteiger partial charge on any atom is -0.370 e. The number of guanidine groups is 1. The van der Waals surface area contributed by atoms with Crippen molar-refractivity contribution in [2.45, 2.75) is 19.4 Å². The molecule has 1 aromatic rings. The number of rotatable bonds is 3. The molecule has 14 heavy (non-hydrogen) atoms. The van der Waals surface area contributed by atoms with E-state index in [1.54, 1.807) is 6.33 Å². The summed E-state index contributed by atoms with van der Waals surface area (Å²) < 4.78 is 0. The summed E-state index contributed by atoms with van der Waals surface area (Å²) in [5.74, 6) is 0.664. The van der Waals surface area contributed by atoms with Gasteiger partial charge in [0.2, 0.25) is 0 Å². The summed E-state index contributed by atoms with van der Waals surface area (Å²) in [7, 11) is 0. The Bertz CT molecular complexity index is 316. The van der Waals surface area contributed by atoms with E-state index in [0.29, 0.717) is 12.0 Å². The van der Waals surface area contributed by atoms with Gasteiger partial charge in [-0.3, -0.25) is 4.99 Å².